The lowest BCUT2D eigenvalue weighted by atomic mass is 9.70. The van der Waals surface area contributed by atoms with Crippen LogP contribution in [0.25, 0.3) is 0 Å². The number of amides is 1. The van der Waals surface area contributed by atoms with Gasteiger partial charge < -0.3 is 30.2 Å². The van der Waals surface area contributed by atoms with Crippen LogP contribution in [-0.4, -0.2) is 59.2 Å². The van der Waals surface area contributed by atoms with Gasteiger partial charge in [-0.2, -0.15) is 0 Å². The van der Waals surface area contributed by atoms with E-state index in [4.69, 9.17) is 37.6 Å². The fourth-order valence-corrected chi connectivity index (χ4v) is 3.58. The minimum Gasteiger partial charge on any atom is -0.508 e. The summed E-state index contributed by atoms with van der Waals surface area (Å²) in [6.07, 6.45) is -1.43. The molecule has 4 N–H and O–H groups in total. The van der Waals surface area contributed by atoms with Gasteiger partial charge in [0.1, 0.15) is 0 Å². The third-order valence-corrected chi connectivity index (χ3v) is 5.18. The third kappa shape index (κ3) is 7.01. The van der Waals surface area contributed by atoms with Gasteiger partial charge in [0.25, 0.3) is 5.97 Å². The molecule has 1 aliphatic rings. The summed E-state index contributed by atoms with van der Waals surface area (Å²) in [5.74, 6) is -5.43. The van der Waals surface area contributed by atoms with Gasteiger partial charge in [0.2, 0.25) is 5.91 Å². The van der Waals surface area contributed by atoms with Crippen LogP contribution in [0.2, 0.25) is 10.0 Å². The highest BCUT2D eigenvalue weighted by Gasteiger charge is 2.54. The van der Waals surface area contributed by atoms with Crippen LogP contribution >= 0.6 is 23.2 Å². The molecule has 1 aromatic carbocycles. The quantitative estimate of drug-likeness (QED) is 0.363. The van der Waals surface area contributed by atoms with E-state index >= 15 is 0 Å². The maximum Gasteiger partial charge on any atom is 0.552 e. The standard InChI is InChI=1S/C19H23BCl2N2O8/c1-10(2)5-14(24-15(25)9-23-13-6-11(21)3-4-12(13)22)20-31-17(28)8-19(32-20,18(29)30)7-16(26)27/h3-4,6,10,14,23H,5,7-9H2,1-2H3,(H,24,25)(H,26,27)(H,29,30)/t14-,19-/m0/s1. The average molecular weight is 489 g/mol. The molecule has 0 unspecified atom stereocenters. The van der Waals surface area contributed by atoms with Crippen LogP contribution in [0, 0.1) is 5.92 Å². The third-order valence-electron chi connectivity index (χ3n) is 4.61. The molecule has 0 bridgehead atoms. The second-order valence-electron chi connectivity index (χ2n) is 7.80. The van der Waals surface area contributed by atoms with Crippen LogP contribution in [0.5, 0.6) is 0 Å². The second kappa shape index (κ2) is 10.9. The van der Waals surface area contributed by atoms with Gasteiger partial charge in [0.15, 0.2) is 5.60 Å². The van der Waals surface area contributed by atoms with Crippen molar-refractivity contribution >= 4 is 59.8 Å². The Hall–Kier alpha value is -2.50. The van der Waals surface area contributed by atoms with Gasteiger partial charge in [-0.15, -0.1) is 0 Å². The molecule has 0 radical (unpaired) electrons. The number of carboxylic acids is 2. The molecule has 2 rings (SSSR count). The van der Waals surface area contributed by atoms with Crippen molar-refractivity contribution in [3.05, 3.63) is 28.2 Å². The van der Waals surface area contributed by atoms with Gasteiger partial charge in [-0.3, -0.25) is 14.4 Å². The molecule has 0 aromatic heterocycles. The maximum absolute atomic E-state index is 12.5. The van der Waals surface area contributed by atoms with Crippen molar-refractivity contribution in [1.82, 2.24) is 5.32 Å². The van der Waals surface area contributed by atoms with Crippen LogP contribution in [0.1, 0.15) is 33.1 Å². The summed E-state index contributed by atoms with van der Waals surface area (Å²) in [7, 11) is -1.48. The lowest BCUT2D eigenvalue weighted by Gasteiger charge is -2.37. The molecule has 0 saturated carbocycles. The molecule has 2 atom stereocenters. The Balaban J connectivity index is 2.16. The van der Waals surface area contributed by atoms with E-state index in [2.05, 4.69) is 10.6 Å². The van der Waals surface area contributed by atoms with E-state index in [0.717, 1.165) is 0 Å². The maximum atomic E-state index is 12.5. The minimum atomic E-state index is -2.29. The molecule has 0 spiro atoms. The minimum absolute atomic E-state index is 0.00133. The number of hydrogen-bond acceptors (Lipinski definition) is 7. The number of hydrogen-bond donors (Lipinski definition) is 4. The molecule has 1 aliphatic heterocycles. The Morgan fingerprint density at radius 2 is 1.94 bits per heavy atom. The largest absolute Gasteiger partial charge is 0.552 e. The molecule has 174 valence electrons. The zero-order valence-corrected chi connectivity index (χ0v) is 18.9. The smallest absolute Gasteiger partial charge is 0.508 e. The average Bonchev–Trinajstić information content (AvgIpc) is 2.66. The number of halogens is 2. The molecular weight excluding hydrogens is 466 g/mol. The van der Waals surface area contributed by atoms with Crippen molar-refractivity contribution in [1.29, 1.82) is 0 Å². The van der Waals surface area contributed by atoms with Gasteiger partial charge >= 0.3 is 19.1 Å². The summed E-state index contributed by atoms with van der Waals surface area (Å²) in [6.45, 7) is 3.47. The highest BCUT2D eigenvalue weighted by molar-refractivity contribution is 6.50. The van der Waals surface area contributed by atoms with E-state index in [1.807, 2.05) is 13.8 Å². The Morgan fingerprint density at radius 1 is 1.25 bits per heavy atom. The first-order chi connectivity index (χ1) is 14.9. The van der Waals surface area contributed by atoms with E-state index in [0.29, 0.717) is 15.7 Å². The molecule has 13 heteroatoms. The number of benzene rings is 1. The van der Waals surface area contributed by atoms with Crippen LogP contribution < -0.4 is 10.6 Å². The molecule has 1 aromatic rings. The first-order valence-corrected chi connectivity index (χ1v) is 10.5. The highest BCUT2D eigenvalue weighted by Crippen LogP contribution is 2.30. The predicted octanol–water partition coefficient (Wildman–Crippen LogP) is 2.23. The molecule has 1 fully saturated rings. The summed E-state index contributed by atoms with van der Waals surface area (Å²) >= 11 is 12.0. The Bertz CT molecular complexity index is 896. The number of rotatable bonds is 10. The number of carbonyl (C=O) groups excluding carboxylic acids is 2. The van der Waals surface area contributed by atoms with Crippen LogP contribution in [0.15, 0.2) is 18.2 Å². The lowest BCUT2D eigenvalue weighted by molar-refractivity contribution is -0.175. The summed E-state index contributed by atoms with van der Waals surface area (Å²) in [5.41, 5.74) is -1.86. The summed E-state index contributed by atoms with van der Waals surface area (Å²) in [6, 6.07) is 4.70. The van der Waals surface area contributed by atoms with E-state index in [1.54, 1.807) is 18.2 Å². The number of nitrogens with one attached hydrogen (secondary N) is 2. The van der Waals surface area contributed by atoms with Crippen molar-refractivity contribution in [2.45, 2.75) is 44.7 Å². The van der Waals surface area contributed by atoms with Crippen LogP contribution in [-0.2, 0) is 28.5 Å². The number of aliphatic carboxylic acids is 2. The Kier molecular flexibility index (Phi) is 8.77. The van der Waals surface area contributed by atoms with E-state index in [-0.39, 0.29) is 18.9 Å². The summed E-state index contributed by atoms with van der Waals surface area (Å²) in [5, 5.41) is 24.9. The van der Waals surface area contributed by atoms with E-state index in [1.165, 1.54) is 0 Å². The second-order valence-corrected chi connectivity index (χ2v) is 8.65. The first kappa shape index (κ1) is 25.8. The summed E-state index contributed by atoms with van der Waals surface area (Å²) in [4.78, 5) is 47.6. The molecular formula is C19H23BCl2N2O8. The van der Waals surface area contributed by atoms with Gasteiger partial charge in [-0.1, -0.05) is 37.0 Å². The van der Waals surface area contributed by atoms with Gasteiger partial charge in [-0.25, -0.2) is 4.79 Å². The van der Waals surface area contributed by atoms with Crippen molar-refractivity contribution in [2.75, 3.05) is 11.9 Å². The molecule has 1 saturated heterocycles. The number of carbonyl (C=O) groups is 4. The van der Waals surface area contributed by atoms with Crippen molar-refractivity contribution < 1.29 is 38.7 Å². The van der Waals surface area contributed by atoms with Crippen LogP contribution in [0.3, 0.4) is 0 Å². The van der Waals surface area contributed by atoms with Gasteiger partial charge in [0, 0.05) is 5.02 Å². The fraction of sp³-hybridized carbons (Fsp3) is 0.474. The Labute approximate surface area is 194 Å². The molecule has 1 amide bonds. The fourth-order valence-electron chi connectivity index (χ4n) is 3.22. The Morgan fingerprint density at radius 3 is 2.53 bits per heavy atom. The van der Waals surface area contributed by atoms with Gasteiger partial charge in [-0.05, 0) is 30.5 Å². The SMILES string of the molecule is CC(C)C[C@H](NC(=O)CNc1cc(Cl)ccc1Cl)B1OC(=O)C[C@@](CC(=O)O)(C(=O)O)O1. The number of carboxylic acid groups (broad SMARTS) is 2. The molecule has 1 heterocycles. The predicted molar refractivity (Wildman–Crippen MR) is 117 cm³/mol. The van der Waals surface area contributed by atoms with Crippen LogP contribution in [0.4, 0.5) is 5.69 Å². The molecule has 0 aliphatic carbocycles. The van der Waals surface area contributed by atoms with Crippen molar-refractivity contribution in [2.24, 2.45) is 5.92 Å². The summed E-state index contributed by atoms with van der Waals surface area (Å²) < 4.78 is 10.6. The topological polar surface area (TPSA) is 151 Å². The highest BCUT2D eigenvalue weighted by atomic mass is 35.5. The zero-order valence-electron chi connectivity index (χ0n) is 17.4. The zero-order chi connectivity index (χ0) is 24.1. The van der Waals surface area contributed by atoms with E-state index in [9.17, 15) is 24.3 Å². The van der Waals surface area contributed by atoms with Crippen molar-refractivity contribution in [3.63, 3.8) is 0 Å². The monoisotopic (exact) mass is 488 g/mol. The van der Waals surface area contributed by atoms with E-state index < -0.39 is 55.3 Å². The lowest BCUT2D eigenvalue weighted by Crippen LogP contribution is -2.61. The molecule has 32 heavy (non-hydrogen) atoms. The normalized spacial score (nSPS) is 19.3. The first-order valence-electron chi connectivity index (χ1n) is 9.72. The van der Waals surface area contributed by atoms with Gasteiger partial charge in [0.05, 0.1) is 36.0 Å². The molecule has 10 nitrogen and oxygen atoms in total. The van der Waals surface area contributed by atoms with Crippen molar-refractivity contribution in [3.8, 4) is 0 Å². The number of anilines is 1.